The number of rotatable bonds is 18. The van der Waals surface area contributed by atoms with Crippen molar-refractivity contribution in [1.82, 2.24) is 5.32 Å². The van der Waals surface area contributed by atoms with Gasteiger partial charge in [0.05, 0.1) is 58.8 Å². The van der Waals surface area contributed by atoms with E-state index in [1.807, 2.05) is 20.8 Å². The summed E-state index contributed by atoms with van der Waals surface area (Å²) in [7, 11) is 0. The van der Waals surface area contributed by atoms with Gasteiger partial charge in [-0.1, -0.05) is 20.8 Å². The van der Waals surface area contributed by atoms with Crippen LogP contribution in [0.3, 0.4) is 0 Å². The number of carbonyl (C=O) groups excluding carboxylic acids is 4. The van der Waals surface area contributed by atoms with Crippen LogP contribution in [0.4, 0.5) is 0 Å². The van der Waals surface area contributed by atoms with Crippen molar-refractivity contribution in [2.75, 3.05) is 59.4 Å². The minimum Gasteiger partial charge on any atom is -0.379 e. The third kappa shape index (κ3) is 12.8. The van der Waals surface area contributed by atoms with Gasteiger partial charge in [0.15, 0.2) is 11.6 Å². The summed E-state index contributed by atoms with van der Waals surface area (Å²) in [6, 6.07) is 0. The van der Waals surface area contributed by atoms with Gasteiger partial charge in [0.1, 0.15) is 5.78 Å². The molecule has 1 aliphatic rings. The predicted molar refractivity (Wildman–Crippen MR) is 117 cm³/mol. The third-order valence-electron chi connectivity index (χ3n) is 4.75. The Balaban J connectivity index is 1.81. The van der Waals surface area contributed by atoms with Crippen LogP contribution < -0.4 is 5.32 Å². The number of ether oxygens (including phenoxy) is 4. The van der Waals surface area contributed by atoms with Crippen molar-refractivity contribution >= 4 is 23.3 Å². The Bertz CT molecular complexity index is 620. The highest BCUT2D eigenvalue weighted by molar-refractivity contribution is 6.18. The molecule has 1 amide bonds. The number of ketones is 3. The zero-order valence-corrected chi connectivity index (χ0v) is 19.5. The highest BCUT2D eigenvalue weighted by Gasteiger charge is 2.28. The van der Waals surface area contributed by atoms with Crippen LogP contribution in [0.1, 0.15) is 40.0 Å². The van der Waals surface area contributed by atoms with Gasteiger partial charge in [0, 0.05) is 24.8 Å². The maximum atomic E-state index is 11.7. The van der Waals surface area contributed by atoms with E-state index in [0.29, 0.717) is 65.8 Å². The Hall–Kier alpha value is -1.94. The van der Waals surface area contributed by atoms with Crippen LogP contribution in [-0.2, 0) is 38.1 Å². The first-order valence-corrected chi connectivity index (χ1v) is 11.1. The number of amides is 1. The fourth-order valence-corrected chi connectivity index (χ4v) is 2.75. The quantitative estimate of drug-likeness (QED) is 0.243. The molecule has 0 radical (unpaired) electrons. The number of allylic oxidation sites excluding steroid dienone is 2. The molecule has 9 heteroatoms. The van der Waals surface area contributed by atoms with Gasteiger partial charge >= 0.3 is 0 Å². The average molecular weight is 456 g/mol. The van der Waals surface area contributed by atoms with Gasteiger partial charge in [-0.2, -0.15) is 0 Å². The molecular formula is C23H37NO8. The summed E-state index contributed by atoms with van der Waals surface area (Å²) < 4.78 is 21.5. The molecule has 0 aromatic heterocycles. The SMILES string of the molecule is CC(C)(C)C(=O)CCOCCOCCOCCOCCNC(=O)CCC1C(=O)C=CC1=O. The molecule has 0 unspecified atom stereocenters. The Morgan fingerprint density at radius 2 is 1.25 bits per heavy atom. The highest BCUT2D eigenvalue weighted by Crippen LogP contribution is 2.17. The molecule has 9 nitrogen and oxygen atoms in total. The minimum absolute atomic E-state index is 0.132. The van der Waals surface area contributed by atoms with Gasteiger partial charge in [-0.05, 0) is 18.6 Å². The molecule has 0 aromatic rings. The first-order chi connectivity index (χ1) is 15.2. The monoisotopic (exact) mass is 455 g/mol. The van der Waals surface area contributed by atoms with Crippen LogP contribution in [0.5, 0.6) is 0 Å². The van der Waals surface area contributed by atoms with E-state index in [-0.39, 0.29) is 41.5 Å². The molecular weight excluding hydrogens is 418 g/mol. The summed E-state index contributed by atoms with van der Waals surface area (Å²) in [5.41, 5.74) is -0.326. The Morgan fingerprint density at radius 3 is 1.75 bits per heavy atom. The van der Waals surface area contributed by atoms with Gasteiger partial charge in [-0.25, -0.2) is 0 Å². The maximum Gasteiger partial charge on any atom is 0.220 e. The van der Waals surface area contributed by atoms with Crippen molar-refractivity contribution in [2.24, 2.45) is 11.3 Å². The number of hydrogen-bond acceptors (Lipinski definition) is 8. The fraction of sp³-hybridized carbons (Fsp3) is 0.739. The average Bonchev–Trinajstić information content (AvgIpc) is 3.05. The lowest BCUT2D eigenvalue weighted by Crippen LogP contribution is -2.28. The maximum absolute atomic E-state index is 11.7. The molecule has 0 spiro atoms. The van der Waals surface area contributed by atoms with Gasteiger partial charge in [-0.3, -0.25) is 19.2 Å². The summed E-state index contributed by atoms with van der Waals surface area (Å²) in [5.74, 6) is -1.18. The second kappa shape index (κ2) is 15.8. The summed E-state index contributed by atoms with van der Waals surface area (Å²) in [6.07, 6.45) is 3.31. The summed E-state index contributed by atoms with van der Waals surface area (Å²) in [6.45, 7) is 9.40. The molecule has 0 aliphatic heterocycles. The van der Waals surface area contributed by atoms with E-state index in [9.17, 15) is 19.2 Å². The molecule has 0 heterocycles. The lowest BCUT2D eigenvalue weighted by molar-refractivity contribution is -0.128. The topological polar surface area (TPSA) is 117 Å². The van der Waals surface area contributed by atoms with Crippen molar-refractivity contribution in [3.05, 3.63) is 12.2 Å². The van der Waals surface area contributed by atoms with Crippen molar-refractivity contribution in [3.63, 3.8) is 0 Å². The summed E-state index contributed by atoms with van der Waals surface area (Å²) >= 11 is 0. The number of hydrogen-bond donors (Lipinski definition) is 1. The molecule has 1 rings (SSSR count). The van der Waals surface area contributed by atoms with Gasteiger partial charge in [0.25, 0.3) is 0 Å². The van der Waals surface area contributed by atoms with Crippen LogP contribution in [0, 0.1) is 11.3 Å². The third-order valence-corrected chi connectivity index (χ3v) is 4.75. The zero-order chi connectivity index (χ0) is 23.8. The Kier molecular flexibility index (Phi) is 13.9. The van der Waals surface area contributed by atoms with Crippen molar-refractivity contribution in [1.29, 1.82) is 0 Å². The molecule has 0 saturated heterocycles. The minimum atomic E-state index is -0.699. The van der Waals surface area contributed by atoms with Crippen molar-refractivity contribution in [3.8, 4) is 0 Å². The number of carbonyl (C=O) groups is 4. The molecule has 0 atom stereocenters. The van der Waals surface area contributed by atoms with Crippen molar-refractivity contribution in [2.45, 2.75) is 40.0 Å². The van der Waals surface area contributed by atoms with Gasteiger partial charge in [-0.15, -0.1) is 0 Å². The molecule has 1 N–H and O–H groups in total. The second-order valence-electron chi connectivity index (χ2n) is 8.45. The zero-order valence-electron chi connectivity index (χ0n) is 19.5. The molecule has 0 fully saturated rings. The predicted octanol–water partition coefficient (Wildman–Crippen LogP) is 1.28. The Labute approximate surface area is 190 Å². The van der Waals surface area contributed by atoms with Crippen LogP contribution >= 0.6 is 0 Å². The van der Waals surface area contributed by atoms with E-state index in [1.54, 1.807) is 0 Å². The van der Waals surface area contributed by atoms with Crippen LogP contribution in [0.25, 0.3) is 0 Å². The lowest BCUT2D eigenvalue weighted by Gasteiger charge is -2.16. The lowest BCUT2D eigenvalue weighted by atomic mass is 9.89. The van der Waals surface area contributed by atoms with E-state index < -0.39 is 5.92 Å². The number of nitrogens with one attached hydrogen (secondary N) is 1. The van der Waals surface area contributed by atoms with Crippen LogP contribution in [0.2, 0.25) is 0 Å². The van der Waals surface area contributed by atoms with E-state index in [2.05, 4.69) is 5.32 Å². The standard InChI is InChI=1S/C23H37NO8/c1-23(2,3)21(27)8-10-29-12-14-31-16-17-32-15-13-30-11-9-24-22(28)7-4-18-19(25)5-6-20(18)26/h5-6,18H,4,7-17H2,1-3H3,(H,24,28). The fourth-order valence-electron chi connectivity index (χ4n) is 2.75. The van der Waals surface area contributed by atoms with Gasteiger partial charge < -0.3 is 24.3 Å². The first-order valence-electron chi connectivity index (χ1n) is 11.1. The van der Waals surface area contributed by atoms with E-state index >= 15 is 0 Å². The highest BCUT2D eigenvalue weighted by atomic mass is 16.6. The summed E-state index contributed by atoms with van der Waals surface area (Å²) in [5, 5.41) is 2.69. The molecule has 182 valence electrons. The molecule has 1 aliphatic carbocycles. The van der Waals surface area contributed by atoms with E-state index in [1.165, 1.54) is 12.2 Å². The van der Waals surface area contributed by atoms with E-state index in [4.69, 9.17) is 18.9 Å². The first kappa shape index (κ1) is 28.1. The second-order valence-corrected chi connectivity index (χ2v) is 8.45. The van der Waals surface area contributed by atoms with Crippen LogP contribution in [-0.4, -0.2) is 82.7 Å². The largest absolute Gasteiger partial charge is 0.379 e. The molecule has 0 aromatic carbocycles. The normalized spacial score (nSPS) is 14.3. The molecule has 32 heavy (non-hydrogen) atoms. The summed E-state index contributed by atoms with van der Waals surface area (Å²) in [4.78, 5) is 46.3. The molecule has 0 saturated carbocycles. The molecule has 0 bridgehead atoms. The van der Waals surface area contributed by atoms with E-state index in [0.717, 1.165) is 0 Å². The van der Waals surface area contributed by atoms with Gasteiger partial charge in [0.2, 0.25) is 5.91 Å². The Morgan fingerprint density at radius 1 is 0.781 bits per heavy atom. The van der Waals surface area contributed by atoms with Crippen molar-refractivity contribution < 1.29 is 38.1 Å². The number of Topliss-reactive ketones (excluding diaryl/α,β-unsaturated/α-hetero) is 1. The smallest absolute Gasteiger partial charge is 0.220 e. The van der Waals surface area contributed by atoms with Crippen LogP contribution in [0.15, 0.2) is 12.2 Å².